The zero-order valence-electron chi connectivity index (χ0n) is 15.4. The molecule has 0 spiro atoms. The van der Waals surface area contributed by atoms with Gasteiger partial charge in [-0.3, -0.25) is 19.3 Å². The molecular formula is C21H23N3O3. The van der Waals surface area contributed by atoms with Crippen molar-refractivity contribution in [1.29, 1.82) is 0 Å². The zero-order chi connectivity index (χ0) is 19.2. The number of hydrogen-bond donors (Lipinski definition) is 1. The molecule has 0 atom stereocenters. The van der Waals surface area contributed by atoms with Crippen LogP contribution in [0.3, 0.4) is 0 Å². The van der Waals surface area contributed by atoms with Gasteiger partial charge in [0, 0.05) is 37.4 Å². The first-order valence-corrected chi connectivity index (χ1v) is 9.00. The Labute approximate surface area is 158 Å². The van der Waals surface area contributed by atoms with E-state index in [0.717, 1.165) is 11.3 Å². The third kappa shape index (κ3) is 5.01. The van der Waals surface area contributed by atoms with Crippen LogP contribution in [-0.4, -0.2) is 60.1 Å². The zero-order valence-corrected chi connectivity index (χ0v) is 15.4. The molecule has 0 radical (unpaired) electrons. The number of amides is 2. The molecule has 1 fully saturated rings. The lowest BCUT2D eigenvalue weighted by molar-refractivity contribution is -0.128. The van der Waals surface area contributed by atoms with Crippen LogP contribution in [-0.2, 0) is 9.59 Å². The summed E-state index contributed by atoms with van der Waals surface area (Å²) in [7, 11) is 0. The molecule has 140 valence electrons. The van der Waals surface area contributed by atoms with E-state index in [9.17, 15) is 14.4 Å². The molecule has 0 bridgehead atoms. The fourth-order valence-electron chi connectivity index (χ4n) is 3.01. The Balaban J connectivity index is 1.48. The number of piperazine rings is 1. The normalized spacial score (nSPS) is 14.6. The van der Waals surface area contributed by atoms with E-state index >= 15 is 0 Å². The van der Waals surface area contributed by atoms with Crippen molar-refractivity contribution in [3.63, 3.8) is 0 Å². The van der Waals surface area contributed by atoms with Crippen LogP contribution in [0.1, 0.15) is 15.9 Å². The number of nitrogens with one attached hydrogen (secondary N) is 1. The molecule has 0 saturated carbocycles. The molecule has 1 heterocycles. The van der Waals surface area contributed by atoms with Gasteiger partial charge in [0.2, 0.25) is 11.7 Å². The van der Waals surface area contributed by atoms with Crippen LogP contribution in [0.5, 0.6) is 0 Å². The molecule has 1 saturated heterocycles. The monoisotopic (exact) mass is 365 g/mol. The molecular weight excluding hydrogens is 342 g/mol. The van der Waals surface area contributed by atoms with Gasteiger partial charge in [-0.05, 0) is 19.1 Å². The number of para-hydroxylation sites is 1. The van der Waals surface area contributed by atoms with Crippen LogP contribution in [0.2, 0.25) is 0 Å². The maximum absolute atomic E-state index is 12.4. The van der Waals surface area contributed by atoms with Gasteiger partial charge in [0.25, 0.3) is 5.91 Å². The average molecular weight is 365 g/mol. The van der Waals surface area contributed by atoms with Gasteiger partial charge in [0.1, 0.15) is 0 Å². The lowest BCUT2D eigenvalue weighted by Gasteiger charge is -2.33. The summed E-state index contributed by atoms with van der Waals surface area (Å²) >= 11 is 0. The van der Waals surface area contributed by atoms with E-state index in [1.165, 1.54) is 0 Å². The molecule has 1 N–H and O–H groups in total. The predicted octanol–water partition coefficient (Wildman–Crippen LogP) is 1.96. The molecule has 3 rings (SSSR count). The molecule has 6 nitrogen and oxygen atoms in total. The molecule has 2 aromatic rings. The Morgan fingerprint density at radius 3 is 2.15 bits per heavy atom. The SMILES string of the molecule is Cc1ccc(C(=O)C(=O)N2CCN(CC(=O)Nc3ccccc3)CC2)cc1. The smallest absolute Gasteiger partial charge is 0.295 e. The van der Waals surface area contributed by atoms with Crippen LogP contribution < -0.4 is 5.32 Å². The van der Waals surface area contributed by atoms with Crippen LogP contribution in [0.4, 0.5) is 5.69 Å². The summed E-state index contributed by atoms with van der Waals surface area (Å²) in [5, 5.41) is 2.85. The Kier molecular flexibility index (Phi) is 5.98. The van der Waals surface area contributed by atoms with Crippen molar-refractivity contribution in [2.24, 2.45) is 0 Å². The van der Waals surface area contributed by atoms with Crippen molar-refractivity contribution in [2.45, 2.75) is 6.92 Å². The number of carbonyl (C=O) groups excluding carboxylic acids is 3. The summed E-state index contributed by atoms with van der Waals surface area (Å²) in [6, 6.07) is 16.3. The van der Waals surface area contributed by atoms with Crippen LogP contribution in [0, 0.1) is 6.92 Å². The fourth-order valence-corrected chi connectivity index (χ4v) is 3.01. The summed E-state index contributed by atoms with van der Waals surface area (Å²) in [5.74, 6) is -1.05. The minimum Gasteiger partial charge on any atom is -0.333 e. The number of benzene rings is 2. The van der Waals surface area contributed by atoms with E-state index in [0.29, 0.717) is 31.7 Å². The van der Waals surface area contributed by atoms with Crippen molar-refractivity contribution >= 4 is 23.3 Å². The van der Waals surface area contributed by atoms with Crippen LogP contribution in [0.25, 0.3) is 0 Å². The minimum atomic E-state index is -0.481. The second kappa shape index (κ2) is 8.60. The molecule has 0 unspecified atom stereocenters. The predicted molar refractivity (Wildman–Crippen MR) is 104 cm³/mol. The van der Waals surface area contributed by atoms with Gasteiger partial charge in [0.05, 0.1) is 6.54 Å². The molecule has 2 amide bonds. The lowest BCUT2D eigenvalue weighted by Crippen LogP contribution is -2.52. The van der Waals surface area contributed by atoms with Gasteiger partial charge in [0.15, 0.2) is 0 Å². The summed E-state index contributed by atoms with van der Waals surface area (Å²) in [5.41, 5.74) is 2.22. The van der Waals surface area contributed by atoms with Crippen molar-refractivity contribution in [1.82, 2.24) is 9.80 Å². The second-order valence-electron chi connectivity index (χ2n) is 6.68. The van der Waals surface area contributed by atoms with Crippen LogP contribution in [0.15, 0.2) is 54.6 Å². The summed E-state index contributed by atoms with van der Waals surface area (Å²) in [6.07, 6.45) is 0. The minimum absolute atomic E-state index is 0.0864. The molecule has 6 heteroatoms. The van der Waals surface area contributed by atoms with Gasteiger partial charge >= 0.3 is 0 Å². The molecule has 0 aromatic heterocycles. The number of rotatable bonds is 5. The Hall–Kier alpha value is -2.99. The lowest BCUT2D eigenvalue weighted by atomic mass is 10.1. The molecule has 1 aliphatic rings. The number of ketones is 1. The topological polar surface area (TPSA) is 69.7 Å². The highest BCUT2D eigenvalue weighted by atomic mass is 16.2. The third-order valence-corrected chi connectivity index (χ3v) is 4.59. The molecule has 2 aromatic carbocycles. The Bertz CT molecular complexity index is 810. The average Bonchev–Trinajstić information content (AvgIpc) is 2.69. The van der Waals surface area contributed by atoms with Crippen molar-refractivity contribution < 1.29 is 14.4 Å². The van der Waals surface area contributed by atoms with Gasteiger partial charge in [-0.1, -0.05) is 48.0 Å². The van der Waals surface area contributed by atoms with E-state index in [-0.39, 0.29) is 12.5 Å². The van der Waals surface area contributed by atoms with Gasteiger partial charge in [-0.25, -0.2) is 0 Å². The van der Waals surface area contributed by atoms with Crippen LogP contribution >= 0.6 is 0 Å². The fraction of sp³-hybridized carbons (Fsp3) is 0.286. The highest BCUT2D eigenvalue weighted by Gasteiger charge is 2.27. The first-order valence-electron chi connectivity index (χ1n) is 9.00. The third-order valence-electron chi connectivity index (χ3n) is 4.59. The van der Waals surface area contributed by atoms with Gasteiger partial charge < -0.3 is 10.2 Å². The maximum Gasteiger partial charge on any atom is 0.295 e. The van der Waals surface area contributed by atoms with E-state index in [1.807, 2.05) is 54.3 Å². The van der Waals surface area contributed by atoms with Gasteiger partial charge in [-0.15, -0.1) is 0 Å². The Morgan fingerprint density at radius 1 is 0.889 bits per heavy atom. The Morgan fingerprint density at radius 2 is 1.52 bits per heavy atom. The molecule has 1 aliphatic heterocycles. The number of hydrogen-bond acceptors (Lipinski definition) is 4. The summed E-state index contributed by atoms with van der Waals surface area (Å²) < 4.78 is 0. The highest BCUT2D eigenvalue weighted by molar-refractivity contribution is 6.42. The van der Waals surface area contributed by atoms with Gasteiger partial charge in [-0.2, -0.15) is 0 Å². The summed E-state index contributed by atoms with van der Waals surface area (Å²) in [4.78, 5) is 40.5. The van der Waals surface area contributed by atoms with Crippen molar-refractivity contribution in [3.8, 4) is 0 Å². The highest BCUT2D eigenvalue weighted by Crippen LogP contribution is 2.10. The number of nitrogens with zero attached hydrogens (tertiary/aromatic N) is 2. The molecule has 0 aliphatic carbocycles. The quantitative estimate of drug-likeness (QED) is 0.650. The second-order valence-corrected chi connectivity index (χ2v) is 6.68. The maximum atomic E-state index is 12.4. The standard InChI is InChI=1S/C21H23N3O3/c1-16-7-9-17(10-8-16)20(26)21(27)24-13-11-23(12-14-24)15-19(25)22-18-5-3-2-4-6-18/h2-10H,11-15H2,1H3,(H,22,25). The number of anilines is 1. The van der Waals surface area contributed by atoms with Crippen molar-refractivity contribution in [3.05, 3.63) is 65.7 Å². The first-order chi connectivity index (χ1) is 13.0. The number of carbonyl (C=O) groups is 3. The van der Waals surface area contributed by atoms with Crippen molar-refractivity contribution in [2.75, 3.05) is 38.0 Å². The van der Waals surface area contributed by atoms with E-state index in [1.54, 1.807) is 17.0 Å². The molecule has 27 heavy (non-hydrogen) atoms. The largest absolute Gasteiger partial charge is 0.333 e. The van der Waals surface area contributed by atoms with E-state index in [4.69, 9.17) is 0 Å². The number of Topliss-reactive ketones (excluding diaryl/α,β-unsaturated/α-hetero) is 1. The first kappa shape index (κ1) is 18.8. The summed E-state index contributed by atoms with van der Waals surface area (Å²) in [6.45, 7) is 4.21. The van der Waals surface area contributed by atoms with E-state index < -0.39 is 11.7 Å². The van der Waals surface area contributed by atoms with E-state index in [2.05, 4.69) is 5.32 Å². The number of aryl methyl sites for hydroxylation is 1.